The van der Waals surface area contributed by atoms with Gasteiger partial charge in [-0.05, 0) is 56.6 Å². The van der Waals surface area contributed by atoms with Gasteiger partial charge >= 0.3 is 0 Å². The van der Waals surface area contributed by atoms with Crippen molar-refractivity contribution in [3.05, 3.63) is 64.1 Å². The molecule has 0 unspecified atom stereocenters. The Morgan fingerprint density at radius 2 is 1.83 bits per heavy atom. The van der Waals surface area contributed by atoms with Gasteiger partial charge in [0, 0.05) is 25.2 Å². The van der Waals surface area contributed by atoms with Gasteiger partial charge in [0.15, 0.2) is 0 Å². The van der Waals surface area contributed by atoms with Gasteiger partial charge in [-0.15, -0.1) is 12.4 Å². The molecular weight excluding hydrogens is 390 g/mol. The molecule has 0 radical (unpaired) electrons. The molecule has 0 saturated carbocycles. The highest BCUT2D eigenvalue weighted by atomic mass is 35.5. The number of benzene rings is 1. The molecule has 2 aliphatic heterocycles. The molecule has 29 heavy (non-hydrogen) atoms. The van der Waals surface area contributed by atoms with Crippen LogP contribution in [-0.2, 0) is 0 Å². The van der Waals surface area contributed by atoms with Crippen molar-refractivity contribution < 1.29 is 9.53 Å². The molecule has 2 fully saturated rings. The van der Waals surface area contributed by atoms with Crippen molar-refractivity contribution in [1.82, 2.24) is 14.8 Å². The highest BCUT2D eigenvalue weighted by Crippen LogP contribution is 2.21. The summed E-state index contributed by atoms with van der Waals surface area (Å²) >= 11 is 0. The molecule has 0 aliphatic carbocycles. The van der Waals surface area contributed by atoms with Crippen molar-refractivity contribution in [3.8, 4) is 5.75 Å². The summed E-state index contributed by atoms with van der Waals surface area (Å²) in [6.07, 6.45) is 4.40. The van der Waals surface area contributed by atoms with Crippen LogP contribution in [0.5, 0.6) is 5.75 Å². The van der Waals surface area contributed by atoms with E-state index in [9.17, 15) is 9.59 Å². The maximum Gasteiger partial charge on any atom is 0.263 e. The van der Waals surface area contributed by atoms with E-state index in [4.69, 9.17) is 4.74 Å². The molecule has 0 bridgehead atoms. The number of rotatable bonds is 4. The first kappa shape index (κ1) is 21.4. The zero-order valence-corrected chi connectivity index (χ0v) is 17.5. The number of hydrogen-bond donors (Lipinski definition) is 1. The molecule has 4 rings (SSSR count). The summed E-state index contributed by atoms with van der Waals surface area (Å²) < 4.78 is 7.75. The van der Waals surface area contributed by atoms with E-state index < -0.39 is 0 Å². The van der Waals surface area contributed by atoms with E-state index in [1.54, 1.807) is 9.47 Å². The molecule has 2 aromatic rings. The standard InChI is InChI=1S/C22H27N3O3.ClH/c1-16-9-14-25(17-7-11-23-12-8-17)22(27)20(16)21(26)24-13-10-19(15-24)28-18-5-3-2-4-6-18;/h2-6,9,14,17,19,23H,7-8,10-13,15H2,1H3;1H/t19-;/m1./s1. The van der Waals surface area contributed by atoms with Crippen LogP contribution < -0.4 is 15.6 Å². The fourth-order valence-electron chi connectivity index (χ4n) is 4.13. The average Bonchev–Trinajstić information content (AvgIpc) is 3.18. The van der Waals surface area contributed by atoms with Crippen LogP contribution in [0.4, 0.5) is 0 Å². The Balaban J connectivity index is 0.00000240. The molecule has 2 saturated heterocycles. The highest BCUT2D eigenvalue weighted by molar-refractivity contribution is 5.95. The van der Waals surface area contributed by atoms with Crippen LogP contribution in [0.1, 0.15) is 41.2 Å². The Morgan fingerprint density at radius 3 is 2.55 bits per heavy atom. The molecule has 1 N–H and O–H groups in total. The average molecular weight is 418 g/mol. The third-order valence-corrected chi connectivity index (χ3v) is 5.72. The quantitative estimate of drug-likeness (QED) is 0.830. The van der Waals surface area contributed by atoms with Crippen LogP contribution in [0.2, 0.25) is 0 Å². The van der Waals surface area contributed by atoms with Gasteiger partial charge in [0.1, 0.15) is 17.4 Å². The Bertz CT molecular complexity index is 894. The van der Waals surface area contributed by atoms with Crippen LogP contribution in [-0.4, -0.2) is 47.7 Å². The lowest BCUT2D eigenvalue weighted by atomic mass is 10.0. The number of likely N-dealkylation sites (tertiary alicyclic amines) is 1. The fraction of sp³-hybridized carbons (Fsp3) is 0.455. The number of nitrogens with zero attached hydrogens (tertiary/aromatic N) is 2. The van der Waals surface area contributed by atoms with E-state index in [1.165, 1.54) is 0 Å². The number of carbonyl (C=O) groups is 1. The molecule has 6 nitrogen and oxygen atoms in total. The SMILES string of the molecule is Cc1ccn(C2CCNCC2)c(=O)c1C(=O)N1CC[C@@H](Oc2ccccc2)C1.Cl. The molecule has 1 aromatic carbocycles. The Morgan fingerprint density at radius 1 is 1.10 bits per heavy atom. The topological polar surface area (TPSA) is 63.6 Å². The van der Waals surface area contributed by atoms with E-state index >= 15 is 0 Å². The predicted molar refractivity (Wildman–Crippen MR) is 115 cm³/mol. The number of aryl methyl sites for hydroxylation is 1. The molecule has 7 heteroatoms. The molecule has 2 aliphatic rings. The van der Waals surface area contributed by atoms with Crippen LogP contribution in [0.3, 0.4) is 0 Å². The van der Waals surface area contributed by atoms with Crippen LogP contribution in [0, 0.1) is 6.92 Å². The second kappa shape index (κ2) is 9.46. The Kier molecular flexibility index (Phi) is 6.98. The monoisotopic (exact) mass is 417 g/mol. The summed E-state index contributed by atoms with van der Waals surface area (Å²) in [5.41, 5.74) is 0.887. The summed E-state index contributed by atoms with van der Waals surface area (Å²) in [5.74, 6) is 0.635. The summed E-state index contributed by atoms with van der Waals surface area (Å²) in [7, 11) is 0. The Hall–Kier alpha value is -2.31. The second-order valence-electron chi connectivity index (χ2n) is 7.66. The van der Waals surface area contributed by atoms with Gasteiger partial charge in [-0.1, -0.05) is 18.2 Å². The van der Waals surface area contributed by atoms with E-state index in [0.29, 0.717) is 18.7 Å². The first-order chi connectivity index (χ1) is 13.6. The van der Waals surface area contributed by atoms with E-state index in [0.717, 1.165) is 43.7 Å². The number of piperidine rings is 1. The maximum absolute atomic E-state index is 13.2. The van der Waals surface area contributed by atoms with Gasteiger partial charge in [-0.3, -0.25) is 9.59 Å². The van der Waals surface area contributed by atoms with Crippen molar-refractivity contribution in [2.75, 3.05) is 26.2 Å². The Labute approximate surface area is 177 Å². The van der Waals surface area contributed by atoms with Crippen LogP contribution in [0.15, 0.2) is 47.4 Å². The van der Waals surface area contributed by atoms with Crippen LogP contribution in [0.25, 0.3) is 0 Å². The van der Waals surface area contributed by atoms with Gasteiger partial charge in [0.05, 0.1) is 6.54 Å². The lowest BCUT2D eigenvalue weighted by Gasteiger charge is -2.26. The van der Waals surface area contributed by atoms with Gasteiger partial charge in [0.25, 0.3) is 11.5 Å². The van der Waals surface area contributed by atoms with Crippen LogP contribution >= 0.6 is 12.4 Å². The molecule has 1 amide bonds. The molecule has 0 spiro atoms. The first-order valence-corrected chi connectivity index (χ1v) is 10.1. The summed E-state index contributed by atoms with van der Waals surface area (Å²) in [5, 5.41) is 3.32. The minimum absolute atomic E-state index is 0. The number of para-hydroxylation sites is 1. The van der Waals surface area contributed by atoms with Gasteiger partial charge in [-0.25, -0.2) is 0 Å². The minimum atomic E-state index is -0.176. The number of amides is 1. The maximum atomic E-state index is 13.2. The molecular formula is C22H28ClN3O3. The number of nitrogens with one attached hydrogen (secondary N) is 1. The number of hydrogen-bond acceptors (Lipinski definition) is 4. The lowest BCUT2D eigenvalue weighted by molar-refractivity contribution is 0.0769. The fourth-order valence-corrected chi connectivity index (χ4v) is 4.13. The lowest BCUT2D eigenvalue weighted by Crippen LogP contribution is -2.40. The third-order valence-electron chi connectivity index (χ3n) is 5.72. The largest absolute Gasteiger partial charge is 0.489 e. The van der Waals surface area contributed by atoms with Crippen molar-refractivity contribution in [2.24, 2.45) is 0 Å². The number of aromatic nitrogens is 1. The van der Waals surface area contributed by atoms with Crippen molar-refractivity contribution in [2.45, 2.75) is 38.3 Å². The highest BCUT2D eigenvalue weighted by Gasteiger charge is 2.31. The third kappa shape index (κ3) is 4.65. The molecule has 156 valence electrons. The minimum Gasteiger partial charge on any atom is -0.489 e. The summed E-state index contributed by atoms with van der Waals surface area (Å²) in [6, 6.07) is 11.7. The molecule has 1 atom stereocenters. The predicted octanol–water partition coefficient (Wildman–Crippen LogP) is 2.80. The zero-order chi connectivity index (χ0) is 19.5. The van der Waals surface area contributed by atoms with Crippen molar-refractivity contribution in [1.29, 1.82) is 0 Å². The van der Waals surface area contributed by atoms with E-state index in [1.807, 2.05) is 49.5 Å². The number of halogens is 1. The zero-order valence-electron chi connectivity index (χ0n) is 16.7. The van der Waals surface area contributed by atoms with E-state index in [2.05, 4.69) is 5.32 Å². The molecule has 1 aromatic heterocycles. The summed E-state index contributed by atoms with van der Waals surface area (Å²) in [4.78, 5) is 28.0. The van der Waals surface area contributed by atoms with Gasteiger partial charge in [-0.2, -0.15) is 0 Å². The number of ether oxygens (including phenoxy) is 1. The normalized spacial score (nSPS) is 19.6. The smallest absolute Gasteiger partial charge is 0.263 e. The molecule has 3 heterocycles. The van der Waals surface area contributed by atoms with Gasteiger partial charge < -0.3 is 19.5 Å². The number of pyridine rings is 1. The van der Waals surface area contributed by atoms with Gasteiger partial charge in [0.2, 0.25) is 0 Å². The van der Waals surface area contributed by atoms with E-state index in [-0.39, 0.29) is 36.0 Å². The first-order valence-electron chi connectivity index (χ1n) is 10.1. The number of carbonyl (C=O) groups excluding carboxylic acids is 1. The second-order valence-corrected chi connectivity index (χ2v) is 7.66. The van der Waals surface area contributed by atoms with Crippen molar-refractivity contribution in [3.63, 3.8) is 0 Å². The van der Waals surface area contributed by atoms with Crippen molar-refractivity contribution >= 4 is 18.3 Å². The summed E-state index contributed by atoms with van der Waals surface area (Å²) in [6.45, 7) is 4.76.